The molecule has 67 heavy (non-hydrogen) atoms. The molecule has 0 radical (unpaired) electrons. The van der Waals surface area contributed by atoms with E-state index >= 15 is 0 Å². The number of cyclic esters (lactones) is 1. The Morgan fingerprint density at radius 2 is 1.75 bits per heavy atom. The largest absolute Gasteiger partial charge is 0.510 e. The molecule has 2 aromatic heterocycles. The number of pyridine rings is 2. The summed E-state index contributed by atoms with van der Waals surface area (Å²) in [5.74, 6) is -4.34. The number of fused-ring (bicyclic) bond motifs is 5. The van der Waals surface area contributed by atoms with E-state index < -0.39 is 71.4 Å². The number of nitrogens with two attached hydrogens (primary N) is 2. The van der Waals surface area contributed by atoms with Crippen molar-refractivity contribution >= 4 is 58.4 Å². The summed E-state index contributed by atoms with van der Waals surface area (Å²) < 4.78 is 18.2. The number of aromatic nitrogens is 2. The number of ether oxygens (including phenoxy) is 3. The van der Waals surface area contributed by atoms with Crippen LogP contribution in [0.25, 0.3) is 22.3 Å². The van der Waals surface area contributed by atoms with Crippen LogP contribution in [0, 0.1) is 5.92 Å². The molecule has 356 valence electrons. The van der Waals surface area contributed by atoms with E-state index in [2.05, 4.69) is 20.9 Å². The molecule has 9 N–H and O–H groups in total. The fourth-order valence-corrected chi connectivity index (χ4v) is 8.00. The minimum atomic E-state index is -2.02. The number of carboxylic acids is 1. The first-order valence-electron chi connectivity index (χ1n) is 21.7. The number of nitrogens with zero attached hydrogens (tertiary/aromatic N) is 4. The third-order valence-corrected chi connectivity index (χ3v) is 11.5. The van der Waals surface area contributed by atoms with Gasteiger partial charge in [0.15, 0.2) is 5.96 Å². The summed E-state index contributed by atoms with van der Waals surface area (Å²) in [5.41, 5.74) is 12.5. The molecule has 0 aliphatic carbocycles. The van der Waals surface area contributed by atoms with Gasteiger partial charge in [-0.2, -0.15) is 0 Å². The first-order chi connectivity index (χ1) is 31.8. The van der Waals surface area contributed by atoms with Crippen molar-refractivity contribution in [3.05, 3.63) is 86.7 Å². The van der Waals surface area contributed by atoms with E-state index in [4.69, 9.17) is 35.8 Å². The van der Waals surface area contributed by atoms with Gasteiger partial charge in [-0.15, -0.1) is 0 Å². The van der Waals surface area contributed by atoms with E-state index in [0.717, 1.165) is 10.9 Å². The summed E-state index contributed by atoms with van der Waals surface area (Å²) in [6, 6.07) is 10.9. The number of carbonyl (C=O) groups is 6. The highest BCUT2D eigenvalue weighted by molar-refractivity contribution is 5.98. The minimum absolute atomic E-state index is 0.0916. The van der Waals surface area contributed by atoms with Gasteiger partial charge in [0, 0.05) is 47.3 Å². The number of phenolic OH excluding ortho intramolecular Hbond substituents is 1. The molecule has 0 spiro atoms. The standard InChI is InChI=1S/C46H55N9O12/c1-6-46(31-19-34-39-26(20-55(34)42(62)30(31)23-65-43(46)63)18-28-29(21-54(4)5)35(56)14-13-32(28)51-39)67-45(64)66-22-25-9-11-27(12-10-25)50-40(60)33(8-7-17-49-44(47)48)52-41(61)38(24(2)3)53-36(57)15-16-37(58)59/h9-14,18-19,24,33,38,56H,6-8,15-17,20-23H2,1-5H3,(H,50,60)(H,52,61)(H,53,57)(H,58,59)(H4,47,48,49)/t33-,38-,46-/m0/s1. The van der Waals surface area contributed by atoms with Crippen LogP contribution in [-0.4, -0.2) is 99.2 Å². The summed E-state index contributed by atoms with van der Waals surface area (Å²) in [7, 11) is 3.78. The van der Waals surface area contributed by atoms with Gasteiger partial charge in [0.2, 0.25) is 23.3 Å². The van der Waals surface area contributed by atoms with Crippen molar-refractivity contribution in [1.29, 1.82) is 0 Å². The Morgan fingerprint density at radius 1 is 1.01 bits per heavy atom. The molecule has 0 saturated heterocycles. The number of anilines is 1. The highest BCUT2D eigenvalue weighted by atomic mass is 16.7. The Labute approximate surface area is 384 Å². The number of rotatable bonds is 19. The molecule has 21 nitrogen and oxygen atoms in total. The number of hydrogen-bond donors (Lipinski definition) is 7. The Balaban J connectivity index is 1.14. The van der Waals surface area contributed by atoms with Crippen molar-refractivity contribution < 1.29 is 53.2 Å². The summed E-state index contributed by atoms with van der Waals surface area (Å²) in [6.45, 7) is 5.16. The van der Waals surface area contributed by atoms with Gasteiger partial charge in [0.25, 0.3) is 5.56 Å². The lowest BCUT2D eigenvalue weighted by Crippen LogP contribution is -2.54. The van der Waals surface area contributed by atoms with Crippen LogP contribution in [0.5, 0.6) is 5.75 Å². The lowest BCUT2D eigenvalue weighted by molar-refractivity contribution is -0.175. The van der Waals surface area contributed by atoms with Gasteiger partial charge in [0.05, 0.1) is 35.4 Å². The average Bonchev–Trinajstić information content (AvgIpc) is 3.64. The molecule has 0 bridgehead atoms. The molecule has 6 rings (SSSR count). The second-order valence-electron chi connectivity index (χ2n) is 17.0. The number of benzene rings is 2. The summed E-state index contributed by atoms with van der Waals surface area (Å²) in [6.07, 6.45) is -1.64. The van der Waals surface area contributed by atoms with E-state index in [1.807, 2.05) is 25.1 Å². The van der Waals surface area contributed by atoms with E-state index in [1.165, 1.54) is 16.7 Å². The number of aromatic hydroxyl groups is 1. The Kier molecular flexibility index (Phi) is 15.1. The maximum absolute atomic E-state index is 14.1. The van der Waals surface area contributed by atoms with E-state index in [9.17, 15) is 38.7 Å². The van der Waals surface area contributed by atoms with Gasteiger partial charge in [-0.3, -0.25) is 29.0 Å². The number of aliphatic carboxylic acids is 1. The van der Waals surface area contributed by atoms with E-state index in [1.54, 1.807) is 51.1 Å². The third-order valence-electron chi connectivity index (χ3n) is 11.5. The molecular formula is C46H55N9O12. The minimum Gasteiger partial charge on any atom is -0.508 e. The smallest absolute Gasteiger partial charge is 0.508 e. The number of phenols is 1. The highest BCUT2D eigenvalue weighted by Crippen LogP contribution is 2.42. The summed E-state index contributed by atoms with van der Waals surface area (Å²) in [5, 5.41) is 28.3. The first-order valence-corrected chi connectivity index (χ1v) is 21.7. The van der Waals surface area contributed by atoms with Crippen LogP contribution in [0.4, 0.5) is 10.5 Å². The molecule has 0 unspecified atom stereocenters. The van der Waals surface area contributed by atoms with Crippen LogP contribution >= 0.6 is 0 Å². The molecule has 4 heterocycles. The number of hydrogen-bond acceptors (Lipinski definition) is 14. The Hall–Kier alpha value is -7.55. The van der Waals surface area contributed by atoms with Crippen molar-refractivity contribution in [3.8, 4) is 17.1 Å². The van der Waals surface area contributed by atoms with Crippen LogP contribution < -0.4 is 33.0 Å². The average molecular weight is 926 g/mol. The van der Waals surface area contributed by atoms with Crippen LogP contribution in [-0.2, 0) is 70.1 Å². The predicted molar refractivity (Wildman–Crippen MR) is 243 cm³/mol. The summed E-state index contributed by atoms with van der Waals surface area (Å²) >= 11 is 0. The molecule has 0 fully saturated rings. The lowest BCUT2D eigenvalue weighted by atomic mass is 9.85. The predicted octanol–water partition coefficient (Wildman–Crippen LogP) is 2.69. The second-order valence-corrected chi connectivity index (χ2v) is 17.0. The fraction of sp³-hybridized carbons (Fsp3) is 0.413. The van der Waals surface area contributed by atoms with E-state index in [0.29, 0.717) is 46.7 Å². The van der Waals surface area contributed by atoms with Crippen LogP contribution in [0.1, 0.15) is 80.7 Å². The number of carboxylic acid groups (broad SMARTS) is 1. The van der Waals surface area contributed by atoms with Gasteiger partial charge < -0.3 is 61.3 Å². The molecule has 0 saturated carbocycles. The van der Waals surface area contributed by atoms with Crippen molar-refractivity contribution in [3.63, 3.8) is 0 Å². The number of amides is 3. The van der Waals surface area contributed by atoms with Gasteiger partial charge in [-0.25, -0.2) is 14.6 Å². The molecular weight excluding hydrogens is 871 g/mol. The number of aliphatic imine (C=N–C) groups is 1. The van der Waals surface area contributed by atoms with Gasteiger partial charge >= 0.3 is 18.1 Å². The molecule has 3 amide bonds. The van der Waals surface area contributed by atoms with Gasteiger partial charge in [-0.1, -0.05) is 32.9 Å². The third kappa shape index (κ3) is 11.1. The maximum atomic E-state index is 14.1. The van der Waals surface area contributed by atoms with Crippen molar-refractivity contribution in [2.75, 3.05) is 26.0 Å². The normalized spacial score (nSPS) is 15.7. The summed E-state index contributed by atoms with van der Waals surface area (Å²) in [4.78, 5) is 102. The second kappa shape index (κ2) is 20.7. The molecule has 3 atom stereocenters. The molecule has 2 aromatic carbocycles. The molecule has 21 heteroatoms. The van der Waals surface area contributed by atoms with E-state index in [-0.39, 0.29) is 68.4 Å². The van der Waals surface area contributed by atoms with Crippen molar-refractivity contribution in [1.82, 2.24) is 25.1 Å². The quantitative estimate of drug-likeness (QED) is 0.0271. The maximum Gasteiger partial charge on any atom is 0.510 e. The van der Waals surface area contributed by atoms with Crippen molar-refractivity contribution in [2.24, 2.45) is 22.4 Å². The highest BCUT2D eigenvalue weighted by Gasteiger charge is 2.51. The van der Waals surface area contributed by atoms with Gasteiger partial charge in [-0.05, 0) is 81.2 Å². The zero-order valence-corrected chi connectivity index (χ0v) is 37.8. The number of carbonyl (C=O) groups excluding carboxylic acids is 5. The number of esters is 1. The molecule has 2 aliphatic heterocycles. The van der Waals surface area contributed by atoms with Crippen LogP contribution in [0.15, 0.2) is 58.3 Å². The Morgan fingerprint density at radius 3 is 2.40 bits per heavy atom. The zero-order chi connectivity index (χ0) is 48.7. The first kappa shape index (κ1) is 48.9. The number of guanidine groups is 1. The lowest BCUT2D eigenvalue weighted by Gasteiger charge is -2.35. The van der Waals surface area contributed by atoms with Gasteiger partial charge in [0.1, 0.15) is 31.0 Å². The van der Waals surface area contributed by atoms with Crippen molar-refractivity contribution in [2.45, 2.75) is 96.9 Å². The van der Waals surface area contributed by atoms with Crippen LogP contribution in [0.2, 0.25) is 0 Å². The fourth-order valence-electron chi connectivity index (χ4n) is 8.00. The SMILES string of the molecule is CC[C@@]1(OC(=O)OCc2ccc(NC(=O)[C@H](CCCN=C(N)N)NC(=O)[C@@H](NC(=O)CCC(=O)O)C(C)C)cc2)C(=O)OCc2c1cc1n(c2=O)Cc2cc3c(CN(C)C)c(O)ccc3nc2-1. The topological polar surface area (TPSA) is 309 Å². The monoisotopic (exact) mass is 925 g/mol. The molecule has 2 aliphatic rings. The Bertz CT molecular complexity index is 2680. The zero-order valence-electron chi connectivity index (χ0n) is 37.8. The van der Waals surface area contributed by atoms with Crippen LogP contribution in [0.3, 0.4) is 0 Å². The molecule has 4 aromatic rings. The number of nitrogens with one attached hydrogen (secondary N) is 3.